The number of amides is 4. The van der Waals surface area contributed by atoms with Crippen LogP contribution in [0.3, 0.4) is 0 Å². The largest absolute Gasteiger partial charge is 0.355 e. The van der Waals surface area contributed by atoms with Crippen molar-refractivity contribution in [3.63, 3.8) is 0 Å². The molecule has 0 aromatic carbocycles. The van der Waals surface area contributed by atoms with Gasteiger partial charge >= 0.3 is 0 Å². The Hall–Kier alpha value is -4.32. The van der Waals surface area contributed by atoms with Crippen molar-refractivity contribution in [3.8, 4) is 0 Å². The molecule has 12 heteroatoms. The first-order valence-corrected chi connectivity index (χ1v) is 11.8. The first-order chi connectivity index (χ1) is 17.5. The molecular formula is C25H34N8O4. The summed E-state index contributed by atoms with van der Waals surface area (Å²) in [4.78, 5) is 51.9. The topological polar surface area (TPSA) is 134 Å². The van der Waals surface area contributed by atoms with Crippen molar-refractivity contribution in [1.29, 1.82) is 0 Å². The Balaban J connectivity index is 1.55. The second-order valence-electron chi connectivity index (χ2n) is 9.05. The zero-order valence-corrected chi connectivity index (χ0v) is 21.8. The molecule has 37 heavy (non-hydrogen) atoms. The second kappa shape index (κ2) is 12.1. The molecule has 0 atom stereocenters. The first-order valence-electron chi connectivity index (χ1n) is 11.8. The van der Waals surface area contributed by atoms with Crippen molar-refractivity contribution in [2.24, 2.45) is 21.1 Å². The summed E-state index contributed by atoms with van der Waals surface area (Å²) in [6.45, 7) is 1.24. The highest BCUT2D eigenvalue weighted by Crippen LogP contribution is 2.18. The molecule has 0 radical (unpaired) electrons. The molecule has 4 amide bonds. The molecule has 0 saturated carbocycles. The van der Waals surface area contributed by atoms with Crippen LogP contribution in [0.15, 0.2) is 42.9 Å². The normalized spacial score (nSPS) is 10.9. The fourth-order valence-electron chi connectivity index (χ4n) is 3.74. The molecule has 0 aliphatic heterocycles. The number of carbonyl (C=O) groups is 4. The van der Waals surface area contributed by atoms with Crippen LogP contribution in [0.5, 0.6) is 0 Å². The van der Waals surface area contributed by atoms with E-state index >= 15 is 0 Å². The average molecular weight is 511 g/mol. The molecule has 3 aromatic heterocycles. The van der Waals surface area contributed by atoms with Crippen molar-refractivity contribution in [3.05, 3.63) is 59.9 Å². The molecular weight excluding hydrogens is 476 g/mol. The van der Waals surface area contributed by atoms with Crippen LogP contribution in [0.1, 0.15) is 37.9 Å². The van der Waals surface area contributed by atoms with Gasteiger partial charge in [0.15, 0.2) is 0 Å². The third kappa shape index (κ3) is 7.34. The third-order valence-electron chi connectivity index (χ3n) is 5.68. The van der Waals surface area contributed by atoms with Crippen LogP contribution < -0.4 is 21.3 Å². The summed E-state index contributed by atoms with van der Waals surface area (Å²) in [5.74, 6) is -1.40. The summed E-state index contributed by atoms with van der Waals surface area (Å²) in [6, 6.07) is 6.58. The number of hydrogen-bond acceptors (Lipinski definition) is 5. The van der Waals surface area contributed by atoms with Crippen LogP contribution in [0.25, 0.3) is 0 Å². The van der Waals surface area contributed by atoms with E-state index in [9.17, 15) is 19.2 Å². The first kappa shape index (κ1) is 27.3. The lowest BCUT2D eigenvalue weighted by Gasteiger charge is -2.10. The molecule has 0 fully saturated rings. The number of anilines is 2. The maximum Gasteiger partial charge on any atom is 0.272 e. The molecule has 0 saturated heterocycles. The lowest BCUT2D eigenvalue weighted by Crippen LogP contribution is -2.38. The van der Waals surface area contributed by atoms with Crippen LogP contribution in [0, 0.1) is 0 Å². The van der Waals surface area contributed by atoms with E-state index in [0.717, 1.165) is 13.0 Å². The van der Waals surface area contributed by atoms with Crippen LogP contribution in [-0.4, -0.2) is 76.0 Å². The molecule has 3 aromatic rings. The second-order valence-corrected chi connectivity index (χ2v) is 9.05. The fraction of sp³-hybridized carbons (Fsp3) is 0.360. The zero-order chi connectivity index (χ0) is 27.1. The molecule has 0 unspecified atom stereocenters. The predicted octanol–water partition coefficient (Wildman–Crippen LogP) is 1.00. The van der Waals surface area contributed by atoms with Crippen molar-refractivity contribution >= 4 is 35.0 Å². The van der Waals surface area contributed by atoms with Gasteiger partial charge < -0.3 is 39.9 Å². The van der Waals surface area contributed by atoms with Gasteiger partial charge in [-0.15, -0.1) is 0 Å². The quantitative estimate of drug-likeness (QED) is 0.286. The SMILES string of the molecule is CN(C)CCCNC(=O)CNC(=O)c1cc(NC(=O)c2cc(NC(=O)c3cccn3C)cn2C)cn1C. The minimum Gasteiger partial charge on any atom is -0.355 e. The van der Waals surface area contributed by atoms with Crippen LogP contribution >= 0.6 is 0 Å². The van der Waals surface area contributed by atoms with Crippen molar-refractivity contribution in [1.82, 2.24) is 29.2 Å². The molecule has 0 spiro atoms. The van der Waals surface area contributed by atoms with E-state index in [-0.39, 0.29) is 24.1 Å². The van der Waals surface area contributed by atoms with Gasteiger partial charge in [-0.1, -0.05) is 0 Å². The summed E-state index contributed by atoms with van der Waals surface area (Å²) in [7, 11) is 9.06. The number of rotatable bonds is 11. The summed E-state index contributed by atoms with van der Waals surface area (Å²) < 4.78 is 4.87. The smallest absolute Gasteiger partial charge is 0.272 e. The fourth-order valence-corrected chi connectivity index (χ4v) is 3.74. The van der Waals surface area contributed by atoms with E-state index in [1.165, 1.54) is 6.07 Å². The monoisotopic (exact) mass is 510 g/mol. The highest BCUT2D eigenvalue weighted by Gasteiger charge is 2.18. The minimum absolute atomic E-state index is 0.145. The van der Waals surface area contributed by atoms with Gasteiger partial charge in [0.05, 0.1) is 17.9 Å². The van der Waals surface area contributed by atoms with E-state index in [0.29, 0.717) is 29.3 Å². The van der Waals surface area contributed by atoms with Gasteiger partial charge in [0.25, 0.3) is 17.7 Å². The van der Waals surface area contributed by atoms with Crippen molar-refractivity contribution in [2.75, 3.05) is 44.4 Å². The van der Waals surface area contributed by atoms with E-state index in [1.807, 2.05) is 19.0 Å². The summed E-state index contributed by atoms with van der Waals surface area (Å²) in [5.41, 5.74) is 2.00. The lowest BCUT2D eigenvalue weighted by molar-refractivity contribution is -0.120. The summed E-state index contributed by atoms with van der Waals surface area (Å²) >= 11 is 0. The molecule has 0 aliphatic carbocycles. The Morgan fingerprint density at radius 2 is 1.35 bits per heavy atom. The minimum atomic E-state index is -0.434. The van der Waals surface area contributed by atoms with Gasteiger partial charge in [0, 0.05) is 46.3 Å². The maximum absolute atomic E-state index is 12.9. The Kier molecular flexibility index (Phi) is 8.90. The molecule has 0 bridgehead atoms. The molecule has 198 valence electrons. The lowest BCUT2D eigenvalue weighted by atomic mass is 10.3. The van der Waals surface area contributed by atoms with E-state index in [1.54, 1.807) is 71.6 Å². The number of aromatic nitrogens is 3. The predicted molar refractivity (Wildman–Crippen MR) is 141 cm³/mol. The Bertz CT molecular complexity index is 1280. The van der Waals surface area contributed by atoms with Gasteiger partial charge in [-0.3, -0.25) is 19.2 Å². The Morgan fingerprint density at radius 3 is 1.89 bits per heavy atom. The number of nitrogens with one attached hydrogen (secondary N) is 4. The Morgan fingerprint density at radius 1 is 0.784 bits per heavy atom. The van der Waals surface area contributed by atoms with Gasteiger partial charge in [-0.05, 0) is 51.3 Å². The van der Waals surface area contributed by atoms with Crippen molar-refractivity contribution in [2.45, 2.75) is 6.42 Å². The zero-order valence-electron chi connectivity index (χ0n) is 21.8. The van der Waals surface area contributed by atoms with E-state index in [2.05, 4.69) is 21.3 Å². The summed E-state index contributed by atoms with van der Waals surface area (Å²) in [6.07, 6.45) is 5.84. The maximum atomic E-state index is 12.9. The van der Waals surface area contributed by atoms with Gasteiger partial charge in [0.1, 0.15) is 17.1 Å². The van der Waals surface area contributed by atoms with E-state index in [4.69, 9.17) is 0 Å². The highest BCUT2D eigenvalue weighted by atomic mass is 16.2. The van der Waals surface area contributed by atoms with Gasteiger partial charge in [-0.2, -0.15) is 0 Å². The molecule has 3 rings (SSSR count). The van der Waals surface area contributed by atoms with Crippen molar-refractivity contribution < 1.29 is 19.2 Å². The Labute approximate surface area is 215 Å². The van der Waals surface area contributed by atoms with Gasteiger partial charge in [0.2, 0.25) is 5.91 Å². The third-order valence-corrected chi connectivity index (χ3v) is 5.68. The van der Waals surface area contributed by atoms with Crippen LogP contribution in [-0.2, 0) is 25.9 Å². The summed E-state index contributed by atoms with van der Waals surface area (Å²) in [5, 5.41) is 10.9. The number of aryl methyl sites for hydroxylation is 3. The standard InChI is InChI=1S/C25H34N8O4/c1-30(2)10-7-9-26-22(34)14-27-23(35)20-12-17(15-32(20)4)29-25(37)21-13-18(16-33(21)5)28-24(36)19-8-6-11-31(19)3/h6,8,11-13,15-16H,7,9-10,14H2,1-5H3,(H,26,34)(H,27,35)(H,28,36)(H,29,37). The number of carbonyl (C=O) groups excluding carboxylic acids is 4. The average Bonchev–Trinajstić information content (AvgIpc) is 3.53. The van der Waals surface area contributed by atoms with Crippen LogP contribution in [0.4, 0.5) is 11.4 Å². The highest BCUT2D eigenvalue weighted by molar-refractivity contribution is 6.07. The van der Waals surface area contributed by atoms with Crippen LogP contribution in [0.2, 0.25) is 0 Å². The molecule has 4 N–H and O–H groups in total. The molecule has 12 nitrogen and oxygen atoms in total. The molecule has 3 heterocycles. The van der Waals surface area contributed by atoms with Gasteiger partial charge in [-0.25, -0.2) is 0 Å². The molecule has 0 aliphatic rings. The number of nitrogens with zero attached hydrogens (tertiary/aromatic N) is 4. The number of hydrogen-bond donors (Lipinski definition) is 4. The van der Waals surface area contributed by atoms with E-state index < -0.39 is 11.8 Å².